The zero-order valence-electron chi connectivity index (χ0n) is 16.9. The van der Waals surface area contributed by atoms with Crippen LogP contribution in [0.2, 0.25) is 0 Å². The number of guanidine groups is 1. The van der Waals surface area contributed by atoms with E-state index in [0.29, 0.717) is 0 Å². The Morgan fingerprint density at radius 3 is 2.46 bits per heavy atom. The highest BCUT2D eigenvalue weighted by atomic mass is 127. The Labute approximate surface area is 190 Å². The second-order valence-corrected chi connectivity index (χ2v) is 8.18. The van der Waals surface area contributed by atoms with Crippen molar-refractivity contribution in [1.29, 1.82) is 0 Å². The van der Waals surface area contributed by atoms with E-state index >= 15 is 0 Å². The smallest absolute Gasteiger partial charge is 0.191 e. The Hall–Kier alpha value is -1.35. The lowest BCUT2D eigenvalue weighted by Crippen LogP contribution is -2.36. The lowest BCUT2D eigenvalue weighted by molar-refractivity contribution is 0.726. The number of aliphatic imine (C=N–C) groups is 1. The predicted octanol–water partition coefficient (Wildman–Crippen LogP) is 4.57. The zero-order chi connectivity index (χ0) is 18.9. The Morgan fingerprint density at radius 1 is 1.07 bits per heavy atom. The van der Waals surface area contributed by atoms with Crippen LogP contribution in [0, 0.1) is 0 Å². The molecule has 0 amide bonds. The van der Waals surface area contributed by atoms with Crippen molar-refractivity contribution in [1.82, 2.24) is 15.6 Å². The van der Waals surface area contributed by atoms with Crippen LogP contribution >= 0.6 is 35.3 Å². The van der Waals surface area contributed by atoms with Crippen LogP contribution in [0.1, 0.15) is 47.9 Å². The first-order chi connectivity index (χ1) is 13.3. The molecule has 1 saturated heterocycles. The summed E-state index contributed by atoms with van der Waals surface area (Å²) in [5.41, 5.74) is 1.23. The quantitative estimate of drug-likeness (QED) is 0.338. The first-order valence-corrected chi connectivity index (χ1v) is 10.8. The van der Waals surface area contributed by atoms with Gasteiger partial charge in [-0.3, -0.25) is 4.99 Å². The van der Waals surface area contributed by atoms with Gasteiger partial charge in [0.15, 0.2) is 5.96 Å². The lowest BCUT2D eigenvalue weighted by Gasteiger charge is -2.22. The van der Waals surface area contributed by atoms with Gasteiger partial charge in [-0.2, -0.15) is 0 Å². The summed E-state index contributed by atoms with van der Waals surface area (Å²) in [7, 11) is 1.82. The summed E-state index contributed by atoms with van der Waals surface area (Å²) in [6, 6.07) is 8.69. The summed E-state index contributed by atoms with van der Waals surface area (Å²) in [4.78, 5) is 14.1. The van der Waals surface area contributed by atoms with Crippen molar-refractivity contribution in [2.45, 2.75) is 52.1 Å². The fourth-order valence-corrected chi connectivity index (χ4v) is 4.23. The van der Waals surface area contributed by atoms with Gasteiger partial charge in [0.1, 0.15) is 5.82 Å². The molecule has 0 aliphatic carbocycles. The van der Waals surface area contributed by atoms with Gasteiger partial charge in [-0.15, -0.1) is 35.3 Å². The van der Waals surface area contributed by atoms with Crippen LogP contribution in [0.5, 0.6) is 0 Å². The Bertz CT molecular complexity index is 738. The van der Waals surface area contributed by atoms with E-state index < -0.39 is 0 Å². The molecule has 3 rings (SSSR count). The van der Waals surface area contributed by atoms with Crippen LogP contribution in [0.3, 0.4) is 0 Å². The van der Waals surface area contributed by atoms with E-state index in [1.54, 1.807) is 0 Å². The van der Waals surface area contributed by atoms with E-state index in [9.17, 15) is 0 Å². The van der Waals surface area contributed by atoms with Crippen molar-refractivity contribution < 1.29 is 0 Å². The van der Waals surface area contributed by atoms with Crippen molar-refractivity contribution in [2.75, 3.05) is 25.0 Å². The van der Waals surface area contributed by atoms with E-state index in [-0.39, 0.29) is 24.0 Å². The first kappa shape index (κ1) is 22.9. The third-order valence-corrected chi connectivity index (χ3v) is 6.15. The average Bonchev–Trinajstić information content (AvgIpc) is 3.00. The highest BCUT2D eigenvalue weighted by Crippen LogP contribution is 2.18. The summed E-state index contributed by atoms with van der Waals surface area (Å²) in [5, 5.41) is 6.82. The number of rotatable bonds is 6. The SMILES string of the molecule is CCc1ccc(CNC(=NC)NCc2ccnc(N3CCCCCC3)c2)s1.I. The number of hydrogen-bond donors (Lipinski definition) is 2. The van der Waals surface area contributed by atoms with Gasteiger partial charge in [0.2, 0.25) is 0 Å². The number of halogens is 1. The van der Waals surface area contributed by atoms with Gasteiger partial charge in [0.25, 0.3) is 0 Å². The molecule has 154 valence electrons. The first-order valence-electron chi connectivity index (χ1n) is 10.0. The van der Waals surface area contributed by atoms with E-state index in [4.69, 9.17) is 0 Å². The molecule has 1 fully saturated rings. The fraction of sp³-hybridized carbons (Fsp3) is 0.524. The molecule has 0 unspecified atom stereocenters. The molecule has 1 aliphatic heterocycles. The fourth-order valence-electron chi connectivity index (χ4n) is 3.33. The third kappa shape index (κ3) is 6.92. The molecular weight excluding hydrogens is 481 g/mol. The monoisotopic (exact) mass is 513 g/mol. The molecule has 7 heteroatoms. The molecular formula is C21H32IN5S. The molecule has 2 N–H and O–H groups in total. The number of nitrogens with one attached hydrogen (secondary N) is 2. The Balaban J connectivity index is 0.00000280. The number of pyridine rings is 1. The maximum atomic E-state index is 4.59. The van der Waals surface area contributed by atoms with Crippen LogP contribution in [0.4, 0.5) is 5.82 Å². The largest absolute Gasteiger partial charge is 0.357 e. The maximum absolute atomic E-state index is 4.59. The molecule has 2 aromatic rings. The van der Waals surface area contributed by atoms with E-state index in [1.165, 1.54) is 41.0 Å². The van der Waals surface area contributed by atoms with Crippen molar-refractivity contribution in [2.24, 2.45) is 4.99 Å². The van der Waals surface area contributed by atoms with Crippen molar-refractivity contribution in [3.8, 4) is 0 Å². The van der Waals surface area contributed by atoms with Crippen LogP contribution in [-0.2, 0) is 19.5 Å². The predicted molar refractivity (Wildman–Crippen MR) is 131 cm³/mol. The molecule has 0 saturated carbocycles. The van der Waals surface area contributed by atoms with E-state index in [2.05, 4.69) is 56.7 Å². The number of nitrogens with zero attached hydrogens (tertiary/aromatic N) is 3. The standard InChI is InChI=1S/C21H31N5S.HI/c1-3-18-8-9-19(27-18)16-25-21(22-2)24-15-17-10-11-23-20(14-17)26-12-6-4-5-7-13-26;/h8-11,14H,3-7,12-13,15-16H2,1-2H3,(H2,22,24,25);1H. The molecule has 5 nitrogen and oxygen atoms in total. The number of aryl methyl sites for hydroxylation is 1. The zero-order valence-corrected chi connectivity index (χ0v) is 20.1. The average molecular weight is 513 g/mol. The van der Waals surface area contributed by atoms with Gasteiger partial charge in [0, 0.05) is 42.6 Å². The highest BCUT2D eigenvalue weighted by Gasteiger charge is 2.11. The normalized spacial score (nSPS) is 14.9. The second kappa shape index (κ2) is 12.3. The minimum absolute atomic E-state index is 0. The molecule has 0 radical (unpaired) electrons. The lowest BCUT2D eigenvalue weighted by atomic mass is 10.2. The van der Waals surface area contributed by atoms with Crippen LogP contribution in [0.15, 0.2) is 35.5 Å². The summed E-state index contributed by atoms with van der Waals surface area (Å²) in [5.74, 6) is 1.93. The summed E-state index contributed by atoms with van der Waals surface area (Å²) in [6.07, 6.45) is 8.23. The number of anilines is 1. The number of hydrogen-bond acceptors (Lipinski definition) is 4. The van der Waals surface area contributed by atoms with Crippen LogP contribution in [-0.4, -0.2) is 31.1 Å². The van der Waals surface area contributed by atoms with Gasteiger partial charge in [-0.25, -0.2) is 4.98 Å². The van der Waals surface area contributed by atoms with E-state index in [1.807, 2.05) is 24.6 Å². The molecule has 0 atom stereocenters. The van der Waals surface area contributed by atoms with Gasteiger partial charge in [-0.1, -0.05) is 19.8 Å². The van der Waals surface area contributed by atoms with Crippen LogP contribution in [0.25, 0.3) is 0 Å². The molecule has 0 spiro atoms. The summed E-state index contributed by atoms with van der Waals surface area (Å²) in [6.45, 7) is 5.98. The van der Waals surface area contributed by atoms with Crippen molar-refractivity contribution >= 4 is 47.1 Å². The maximum Gasteiger partial charge on any atom is 0.191 e. The molecule has 0 aromatic carbocycles. The molecule has 1 aliphatic rings. The Kier molecular flexibility index (Phi) is 10.0. The molecule has 3 heterocycles. The number of thiophene rings is 1. The molecule has 28 heavy (non-hydrogen) atoms. The number of aromatic nitrogens is 1. The minimum Gasteiger partial charge on any atom is -0.357 e. The summed E-state index contributed by atoms with van der Waals surface area (Å²) >= 11 is 1.86. The van der Waals surface area contributed by atoms with Crippen LogP contribution < -0.4 is 15.5 Å². The highest BCUT2D eigenvalue weighted by molar-refractivity contribution is 14.0. The van der Waals surface area contributed by atoms with Gasteiger partial charge in [-0.05, 0) is 49.1 Å². The van der Waals surface area contributed by atoms with Gasteiger partial charge in [0.05, 0.1) is 6.54 Å². The van der Waals surface area contributed by atoms with Crippen molar-refractivity contribution in [3.05, 3.63) is 45.8 Å². The Morgan fingerprint density at radius 2 is 1.79 bits per heavy atom. The second-order valence-electron chi connectivity index (χ2n) is 6.92. The topological polar surface area (TPSA) is 52.6 Å². The minimum atomic E-state index is 0. The van der Waals surface area contributed by atoms with Gasteiger partial charge >= 0.3 is 0 Å². The van der Waals surface area contributed by atoms with E-state index in [0.717, 1.165) is 44.4 Å². The molecule has 2 aromatic heterocycles. The summed E-state index contributed by atoms with van der Waals surface area (Å²) < 4.78 is 0. The molecule has 0 bridgehead atoms. The van der Waals surface area contributed by atoms with Crippen molar-refractivity contribution in [3.63, 3.8) is 0 Å². The third-order valence-electron chi connectivity index (χ3n) is 4.92. The van der Waals surface area contributed by atoms with Gasteiger partial charge < -0.3 is 15.5 Å².